The van der Waals surface area contributed by atoms with Crippen molar-refractivity contribution in [3.8, 4) is 5.75 Å². The fourth-order valence-electron chi connectivity index (χ4n) is 1.29. The maximum absolute atomic E-state index is 11.7. The molecule has 0 bridgehead atoms. The molecule has 0 aliphatic heterocycles. The van der Waals surface area contributed by atoms with E-state index in [0.717, 1.165) is 0 Å². The molecule has 0 N–H and O–H groups in total. The van der Waals surface area contributed by atoms with Crippen molar-refractivity contribution in [2.45, 2.75) is 6.92 Å². The molecule has 0 heterocycles. The third-order valence-corrected chi connectivity index (χ3v) is 2.29. The first-order valence-corrected chi connectivity index (χ1v) is 5.80. The fourth-order valence-corrected chi connectivity index (χ4v) is 1.29. The second-order valence-electron chi connectivity index (χ2n) is 3.64. The van der Waals surface area contributed by atoms with Crippen LogP contribution in [0.3, 0.4) is 0 Å². The minimum absolute atomic E-state index is 0.254. The van der Waals surface area contributed by atoms with Crippen molar-refractivity contribution in [2.75, 3.05) is 13.7 Å². The number of rotatable bonds is 6. The molecule has 4 nitrogen and oxygen atoms in total. The number of carbonyl (C=O) groups excluding carboxylic acids is 2. The predicted octanol–water partition coefficient (Wildman–Crippen LogP) is 2.55. The van der Waals surface area contributed by atoms with E-state index in [2.05, 4.69) is 0 Å². The van der Waals surface area contributed by atoms with E-state index in [4.69, 9.17) is 9.47 Å². The van der Waals surface area contributed by atoms with Gasteiger partial charge < -0.3 is 9.47 Å². The van der Waals surface area contributed by atoms with Gasteiger partial charge in [-0.25, -0.2) is 4.79 Å². The van der Waals surface area contributed by atoms with Crippen LogP contribution in [0.1, 0.15) is 17.3 Å². The van der Waals surface area contributed by atoms with Crippen LogP contribution in [0.4, 0.5) is 0 Å². The van der Waals surface area contributed by atoms with E-state index in [-0.39, 0.29) is 12.4 Å². The van der Waals surface area contributed by atoms with Gasteiger partial charge >= 0.3 is 5.97 Å². The van der Waals surface area contributed by atoms with Gasteiger partial charge in [-0.15, -0.1) is 0 Å². The first-order valence-electron chi connectivity index (χ1n) is 5.80. The van der Waals surface area contributed by atoms with Gasteiger partial charge in [0, 0.05) is 11.6 Å². The quantitative estimate of drug-likeness (QED) is 0.341. The fraction of sp³-hybridized carbons (Fsp3) is 0.200. The van der Waals surface area contributed by atoms with E-state index in [1.807, 2.05) is 6.92 Å². The Morgan fingerprint density at radius 2 is 1.84 bits per heavy atom. The van der Waals surface area contributed by atoms with E-state index in [1.165, 1.54) is 6.08 Å². The van der Waals surface area contributed by atoms with Crippen molar-refractivity contribution < 1.29 is 19.1 Å². The number of ether oxygens (including phenoxy) is 2. The second kappa shape index (κ2) is 7.87. The molecule has 0 amide bonds. The lowest BCUT2D eigenvalue weighted by molar-refractivity contribution is -0.136. The molecule has 19 heavy (non-hydrogen) atoms. The normalized spacial score (nSPS) is 10.8. The lowest BCUT2D eigenvalue weighted by Gasteiger charge is -2.03. The van der Waals surface area contributed by atoms with E-state index >= 15 is 0 Å². The zero-order chi connectivity index (χ0) is 14.1. The standard InChI is InChI=1S/C15H16O4/c1-3-4-5-6-15(17)19-11-14(16)12-7-9-13(18-2)10-8-12/h3-10H,11H2,1-2H3/b4-3+,6-5?. The third-order valence-electron chi connectivity index (χ3n) is 2.29. The monoisotopic (exact) mass is 260 g/mol. The summed E-state index contributed by atoms with van der Waals surface area (Å²) in [6.07, 6.45) is 6.31. The summed E-state index contributed by atoms with van der Waals surface area (Å²) in [5.41, 5.74) is 0.478. The number of hydrogen-bond donors (Lipinski definition) is 0. The topological polar surface area (TPSA) is 52.6 Å². The van der Waals surface area contributed by atoms with Crippen LogP contribution < -0.4 is 4.74 Å². The lowest BCUT2D eigenvalue weighted by Crippen LogP contribution is -2.12. The summed E-state index contributed by atoms with van der Waals surface area (Å²) in [4.78, 5) is 23.0. The molecule has 4 heteroatoms. The summed E-state index contributed by atoms with van der Waals surface area (Å²) in [6.45, 7) is 1.56. The summed E-state index contributed by atoms with van der Waals surface area (Å²) >= 11 is 0. The van der Waals surface area contributed by atoms with Crippen molar-refractivity contribution in [2.24, 2.45) is 0 Å². The summed E-state index contributed by atoms with van der Waals surface area (Å²) in [5.74, 6) is -0.127. The molecule has 0 unspecified atom stereocenters. The average Bonchev–Trinajstić information content (AvgIpc) is 2.45. The molecular formula is C15H16O4. The predicted molar refractivity (Wildman–Crippen MR) is 72.2 cm³/mol. The van der Waals surface area contributed by atoms with Gasteiger partial charge in [-0.3, -0.25) is 4.79 Å². The number of methoxy groups -OCH3 is 1. The highest BCUT2D eigenvalue weighted by Crippen LogP contribution is 2.11. The molecule has 100 valence electrons. The maximum Gasteiger partial charge on any atom is 0.331 e. The Bertz CT molecular complexity index is 483. The molecule has 0 saturated heterocycles. The van der Waals surface area contributed by atoms with E-state index in [0.29, 0.717) is 11.3 Å². The van der Waals surface area contributed by atoms with Gasteiger partial charge in [-0.05, 0) is 31.2 Å². The number of Topliss-reactive ketones (excluding diaryl/α,β-unsaturated/α-hetero) is 1. The first-order chi connectivity index (χ1) is 9.17. The zero-order valence-electron chi connectivity index (χ0n) is 11.0. The summed E-state index contributed by atoms with van der Waals surface area (Å²) in [6, 6.07) is 6.62. The van der Waals surface area contributed by atoms with Crippen LogP contribution in [0.25, 0.3) is 0 Å². The van der Waals surface area contributed by atoms with Gasteiger partial charge in [0.25, 0.3) is 0 Å². The van der Waals surface area contributed by atoms with Crippen LogP contribution in [0.5, 0.6) is 5.75 Å². The van der Waals surface area contributed by atoms with Gasteiger partial charge in [0.05, 0.1) is 7.11 Å². The smallest absolute Gasteiger partial charge is 0.331 e. The summed E-state index contributed by atoms with van der Waals surface area (Å²) in [7, 11) is 1.55. The highest BCUT2D eigenvalue weighted by atomic mass is 16.5. The first kappa shape index (κ1) is 14.7. The summed E-state index contributed by atoms with van der Waals surface area (Å²) in [5, 5.41) is 0. The third kappa shape index (κ3) is 5.21. The Balaban J connectivity index is 2.48. The Hall–Kier alpha value is -2.36. The molecule has 0 aromatic heterocycles. The molecule has 0 aliphatic rings. The molecule has 0 saturated carbocycles. The van der Waals surface area contributed by atoms with Gasteiger partial charge in [-0.1, -0.05) is 18.2 Å². The number of allylic oxidation sites excluding steroid dienone is 3. The van der Waals surface area contributed by atoms with Crippen LogP contribution in [-0.4, -0.2) is 25.5 Å². The number of hydrogen-bond acceptors (Lipinski definition) is 4. The molecule has 0 radical (unpaired) electrons. The van der Waals surface area contributed by atoms with Crippen LogP contribution >= 0.6 is 0 Å². The van der Waals surface area contributed by atoms with Crippen LogP contribution in [0, 0.1) is 0 Å². The molecule has 0 atom stereocenters. The van der Waals surface area contributed by atoms with Crippen molar-refractivity contribution >= 4 is 11.8 Å². The molecule has 1 aromatic rings. The number of benzene rings is 1. The zero-order valence-corrected chi connectivity index (χ0v) is 11.0. The minimum Gasteiger partial charge on any atom is -0.497 e. The molecule has 0 fully saturated rings. The number of carbonyl (C=O) groups is 2. The van der Waals surface area contributed by atoms with E-state index in [9.17, 15) is 9.59 Å². The average molecular weight is 260 g/mol. The van der Waals surface area contributed by atoms with Crippen molar-refractivity contribution in [1.29, 1.82) is 0 Å². The Morgan fingerprint density at radius 3 is 2.42 bits per heavy atom. The number of esters is 1. The van der Waals surface area contributed by atoms with E-state index < -0.39 is 5.97 Å². The molecule has 1 rings (SSSR count). The largest absolute Gasteiger partial charge is 0.497 e. The molecule has 0 aliphatic carbocycles. The highest BCUT2D eigenvalue weighted by molar-refractivity contribution is 5.98. The highest BCUT2D eigenvalue weighted by Gasteiger charge is 2.08. The second-order valence-corrected chi connectivity index (χ2v) is 3.64. The van der Waals surface area contributed by atoms with Gasteiger partial charge in [0.15, 0.2) is 12.4 Å². The Morgan fingerprint density at radius 1 is 1.16 bits per heavy atom. The number of ketones is 1. The Kier molecular flexibility index (Phi) is 6.09. The summed E-state index contributed by atoms with van der Waals surface area (Å²) < 4.78 is 9.81. The molecule has 0 spiro atoms. The van der Waals surface area contributed by atoms with E-state index in [1.54, 1.807) is 49.6 Å². The van der Waals surface area contributed by atoms with Crippen LogP contribution in [-0.2, 0) is 9.53 Å². The van der Waals surface area contributed by atoms with Gasteiger partial charge in [0.2, 0.25) is 0 Å². The maximum atomic E-state index is 11.7. The Labute approximate surface area is 112 Å². The molecular weight excluding hydrogens is 244 g/mol. The van der Waals surface area contributed by atoms with Crippen molar-refractivity contribution in [3.63, 3.8) is 0 Å². The van der Waals surface area contributed by atoms with Gasteiger partial charge in [0.1, 0.15) is 5.75 Å². The van der Waals surface area contributed by atoms with Crippen molar-refractivity contribution in [1.82, 2.24) is 0 Å². The van der Waals surface area contributed by atoms with Gasteiger partial charge in [-0.2, -0.15) is 0 Å². The van der Waals surface area contributed by atoms with Crippen LogP contribution in [0.15, 0.2) is 48.6 Å². The SMILES string of the molecule is C/C=C/C=CC(=O)OCC(=O)c1ccc(OC)cc1. The minimum atomic E-state index is -0.542. The van der Waals surface area contributed by atoms with Crippen molar-refractivity contribution in [3.05, 3.63) is 54.1 Å². The molecule has 1 aromatic carbocycles. The van der Waals surface area contributed by atoms with Crippen LogP contribution in [0.2, 0.25) is 0 Å². The lowest BCUT2D eigenvalue weighted by atomic mass is 10.1.